The Kier molecular flexibility index (Phi) is 4.30. The Hall–Kier alpha value is -1.56. The lowest BCUT2D eigenvalue weighted by atomic mass is 10.0. The summed E-state index contributed by atoms with van der Waals surface area (Å²) in [5.41, 5.74) is -0.131. The molecular weight excluding hydrogens is 212 g/mol. The first-order valence-corrected chi connectivity index (χ1v) is 5.10. The molecule has 1 heterocycles. The zero-order valence-electron chi connectivity index (χ0n) is 9.30. The molecule has 16 heavy (non-hydrogen) atoms. The van der Waals surface area contributed by atoms with Gasteiger partial charge in [0.1, 0.15) is 6.26 Å². The molecular formula is C10H16N2O4. The molecule has 0 saturated heterocycles. The van der Waals surface area contributed by atoms with E-state index in [-0.39, 0.29) is 30.3 Å². The Labute approximate surface area is 93.3 Å². The summed E-state index contributed by atoms with van der Waals surface area (Å²) < 4.78 is 4.97. The number of carboxylic acids is 1. The lowest BCUT2D eigenvalue weighted by Gasteiger charge is -2.19. The summed E-state index contributed by atoms with van der Waals surface area (Å²) in [5, 5.41) is 20.5. The zero-order valence-corrected chi connectivity index (χ0v) is 9.30. The largest absolute Gasteiger partial charge is 0.476 e. The first-order valence-electron chi connectivity index (χ1n) is 5.10. The van der Waals surface area contributed by atoms with Gasteiger partial charge >= 0.3 is 5.97 Å². The van der Waals surface area contributed by atoms with Crippen LogP contribution >= 0.6 is 0 Å². The minimum absolute atomic E-state index is 0.00490. The van der Waals surface area contributed by atoms with Gasteiger partial charge in [0.05, 0.1) is 0 Å². The monoisotopic (exact) mass is 228 g/mol. The molecule has 0 bridgehead atoms. The summed E-state index contributed by atoms with van der Waals surface area (Å²) in [6.07, 6.45) is 1.64. The predicted octanol–water partition coefficient (Wildman–Crippen LogP) is 1.19. The van der Waals surface area contributed by atoms with Crippen LogP contribution in [-0.4, -0.2) is 33.8 Å². The summed E-state index contributed by atoms with van der Waals surface area (Å²) in [7, 11) is 0. The van der Waals surface area contributed by atoms with E-state index in [9.17, 15) is 4.79 Å². The van der Waals surface area contributed by atoms with Crippen LogP contribution in [0, 0.1) is 5.92 Å². The number of rotatable bonds is 6. The van der Waals surface area contributed by atoms with Crippen molar-refractivity contribution in [2.45, 2.75) is 26.3 Å². The average Bonchev–Trinajstić information content (AvgIpc) is 2.65. The van der Waals surface area contributed by atoms with Crippen LogP contribution in [0.3, 0.4) is 0 Å². The molecule has 1 aromatic heterocycles. The quantitative estimate of drug-likeness (QED) is 0.677. The van der Waals surface area contributed by atoms with Crippen LogP contribution in [0.1, 0.15) is 30.8 Å². The molecule has 3 N–H and O–H groups in total. The van der Waals surface area contributed by atoms with Crippen LogP contribution in [0.25, 0.3) is 0 Å². The second-order valence-corrected chi connectivity index (χ2v) is 3.85. The summed E-state index contributed by atoms with van der Waals surface area (Å²) in [6.45, 7) is 4.05. The van der Waals surface area contributed by atoms with Gasteiger partial charge in [-0.25, -0.2) is 4.79 Å². The molecule has 0 radical (unpaired) electrons. The Morgan fingerprint density at radius 3 is 2.75 bits per heavy atom. The fraction of sp³-hybridized carbons (Fsp3) is 0.600. The molecule has 0 aliphatic carbocycles. The van der Waals surface area contributed by atoms with Gasteiger partial charge < -0.3 is 19.9 Å². The second kappa shape index (κ2) is 5.50. The van der Waals surface area contributed by atoms with Crippen LogP contribution < -0.4 is 5.32 Å². The van der Waals surface area contributed by atoms with Crippen molar-refractivity contribution in [3.63, 3.8) is 0 Å². The smallest absolute Gasteiger partial charge is 0.357 e. The lowest BCUT2D eigenvalue weighted by molar-refractivity contribution is 0.0690. The molecule has 0 amide bonds. The lowest BCUT2D eigenvalue weighted by Crippen LogP contribution is -2.27. The molecule has 1 rings (SSSR count). The Morgan fingerprint density at radius 1 is 1.62 bits per heavy atom. The fourth-order valence-corrected chi connectivity index (χ4v) is 1.31. The van der Waals surface area contributed by atoms with Crippen LogP contribution in [0.5, 0.6) is 0 Å². The number of oxazole rings is 1. The number of anilines is 1. The molecule has 90 valence electrons. The van der Waals surface area contributed by atoms with Gasteiger partial charge in [-0.2, -0.15) is 4.98 Å². The molecule has 0 aliphatic rings. The van der Waals surface area contributed by atoms with Crippen molar-refractivity contribution in [2.75, 3.05) is 11.9 Å². The minimum atomic E-state index is -1.12. The third kappa shape index (κ3) is 3.23. The molecule has 1 aromatic rings. The summed E-state index contributed by atoms with van der Waals surface area (Å²) in [6, 6.07) is 0.176. The van der Waals surface area contributed by atoms with Crippen LogP contribution in [0.15, 0.2) is 10.7 Å². The van der Waals surface area contributed by atoms with E-state index in [0.29, 0.717) is 6.42 Å². The molecule has 6 nitrogen and oxygen atoms in total. The van der Waals surface area contributed by atoms with Gasteiger partial charge in [0, 0.05) is 12.6 Å². The Bertz CT molecular complexity index is 348. The van der Waals surface area contributed by atoms with E-state index in [1.54, 1.807) is 0 Å². The van der Waals surface area contributed by atoms with E-state index in [2.05, 4.69) is 10.3 Å². The third-order valence-corrected chi connectivity index (χ3v) is 2.28. The highest BCUT2D eigenvalue weighted by Crippen LogP contribution is 2.14. The summed E-state index contributed by atoms with van der Waals surface area (Å²) >= 11 is 0. The third-order valence-electron chi connectivity index (χ3n) is 2.28. The fourth-order valence-electron chi connectivity index (χ4n) is 1.31. The maximum atomic E-state index is 10.6. The molecule has 0 saturated carbocycles. The highest BCUT2D eigenvalue weighted by atomic mass is 16.4. The molecule has 1 atom stereocenters. The van der Waals surface area contributed by atoms with Crippen molar-refractivity contribution in [1.82, 2.24) is 4.98 Å². The number of aromatic nitrogens is 1. The number of carboxylic acid groups (broad SMARTS) is 1. The number of hydrogen-bond acceptors (Lipinski definition) is 5. The molecule has 0 aromatic carbocycles. The minimum Gasteiger partial charge on any atom is -0.476 e. The van der Waals surface area contributed by atoms with Crippen molar-refractivity contribution in [1.29, 1.82) is 0 Å². The highest BCUT2D eigenvalue weighted by molar-refractivity contribution is 5.85. The summed E-state index contributed by atoms with van der Waals surface area (Å²) in [5.74, 6) is -0.840. The van der Waals surface area contributed by atoms with Gasteiger partial charge in [-0.05, 0) is 12.3 Å². The standard InChI is InChI=1S/C10H16N2O4/c1-6(2)7(3-4-13)11-10-12-8(5-16-10)9(14)15/h5-7,13H,3-4H2,1-2H3,(H,11,12)(H,14,15). The number of aromatic carboxylic acids is 1. The van der Waals surface area contributed by atoms with Crippen molar-refractivity contribution in [3.05, 3.63) is 12.0 Å². The molecule has 0 fully saturated rings. The maximum Gasteiger partial charge on any atom is 0.357 e. The van der Waals surface area contributed by atoms with Crippen LogP contribution in [0.4, 0.5) is 6.01 Å². The van der Waals surface area contributed by atoms with Gasteiger partial charge in [0.25, 0.3) is 6.01 Å². The number of nitrogens with zero attached hydrogens (tertiary/aromatic N) is 1. The number of nitrogens with one attached hydrogen (secondary N) is 1. The van der Waals surface area contributed by atoms with Gasteiger partial charge in [-0.15, -0.1) is 0 Å². The van der Waals surface area contributed by atoms with Crippen molar-refractivity contribution in [3.8, 4) is 0 Å². The van der Waals surface area contributed by atoms with E-state index >= 15 is 0 Å². The normalized spacial score (nSPS) is 12.8. The van der Waals surface area contributed by atoms with E-state index in [1.165, 1.54) is 0 Å². The Balaban J connectivity index is 2.66. The number of aliphatic hydroxyl groups excluding tert-OH is 1. The average molecular weight is 228 g/mol. The first-order chi connectivity index (χ1) is 7.54. The Morgan fingerprint density at radius 2 is 2.31 bits per heavy atom. The van der Waals surface area contributed by atoms with Gasteiger partial charge in [-0.3, -0.25) is 0 Å². The van der Waals surface area contributed by atoms with Gasteiger partial charge in [0.2, 0.25) is 0 Å². The molecule has 0 aliphatic heterocycles. The number of carbonyl (C=O) groups is 1. The van der Waals surface area contributed by atoms with Crippen molar-refractivity contribution in [2.24, 2.45) is 5.92 Å². The van der Waals surface area contributed by atoms with E-state index in [4.69, 9.17) is 14.6 Å². The summed E-state index contributed by atoms with van der Waals surface area (Å²) in [4.78, 5) is 14.3. The van der Waals surface area contributed by atoms with E-state index in [0.717, 1.165) is 6.26 Å². The van der Waals surface area contributed by atoms with Crippen LogP contribution in [0.2, 0.25) is 0 Å². The van der Waals surface area contributed by atoms with Crippen LogP contribution in [-0.2, 0) is 0 Å². The van der Waals surface area contributed by atoms with Gasteiger partial charge in [-0.1, -0.05) is 13.8 Å². The molecule has 6 heteroatoms. The van der Waals surface area contributed by atoms with Crippen molar-refractivity contribution >= 4 is 12.0 Å². The van der Waals surface area contributed by atoms with Gasteiger partial charge in [0.15, 0.2) is 5.69 Å². The maximum absolute atomic E-state index is 10.6. The van der Waals surface area contributed by atoms with E-state index < -0.39 is 5.97 Å². The highest BCUT2D eigenvalue weighted by Gasteiger charge is 2.16. The molecule has 1 unspecified atom stereocenters. The predicted molar refractivity (Wildman–Crippen MR) is 57.4 cm³/mol. The SMILES string of the molecule is CC(C)C(CCO)Nc1nc(C(=O)O)co1. The topological polar surface area (TPSA) is 95.6 Å². The first kappa shape index (κ1) is 12.5. The van der Waals surface area contributed by atoms with E-state index in [1.807, 2.05) is 13.8 Å². The second-order valence-electron chi connectivity index (χ2n) is 3.85. The van der Waals surface area contributed by atoms with Crippen molar-refractivity contribution < 1.29 is 19.4 Å². The number of aliphatic hydroxyl groups is 1. The number of hydrogen-bond donors (Lipinski definition) is 3. The molecule has 0 spiro atoms. The zero-order chi connectivity index (χ0) is 12.1.